The van der Waals surface area contributed by atoms with Gasteiger partial charge in [-0.05, 0) is 46.8 Å². The number of pyridine rings is 1. The number of fused-ring (bicyclic) bond motifs is 1. The van der Waals surface area contributed by atoms with E-state index in [0.29, 0.717) is 12.2 Å². The Morgan fingerprint density at radius 1 is 1.36 bits per heavy atom. The van der Waals surface area contributed by atoms with Gasteiger partial charge in [0, 0.05) is 24.2 Å². The van der Waals surface area contributed by atoms with Crippen LogP contribution in [-0.4, -0.2) is 61.0 Å². The summed E-state index contributed by atoms with van der Waals surface area (Å²) in [6.07, 6.45) is 1.69. The van der Waals surface area contributed by atoms with E-state index >= 15 is 0 Å². The molecule has 3 rings (SSSR count). The van der Waals surface area contributed by atoms with Crippen LogP contribution in [0.25, 0.3) is 11.0 Å². The number of hydrogen-bond acceptors (Lipinski definition) is 4. The molecular formula is C18H25N5O2. The number of hydrogen-bond donors (Lipinski definition) is 0. The number of aromatic nitrogens is 3. The summed E-state index contributed by atoms with van der Waals surface area (Å²) in [5, 5.41) is 5.38. The molecule has 0 bridgehead atoms. The Balaban J connectivity index is 1.81. The fourth-order valence-corrected chi connectivity index (χ4v) is 3.85. The second-order valence-corrected chi connectivity index (χ2v) is 7.54. The van der Waals surface area contributed by atoms with E-state index in [1.807, 2.05) is 51.7 Å². The Morgan fingerprint density at radius 3 is 2.72 bits per heavy atom. The smallest absolute Gasteiger partial charge is 0.244 e. The molecule has 1 saturated heterocycles. The Hall–Kier alpha value is -2.44. The minimum absolute atomic E-state index is 0.0146. The van der Waals surface area contributed by atoms with Crippen molar-refractivity contribution < 1.29 is 9.59 Å². The van der Waals surface area contributed by atoms with Gasteiger partial charge in [-0.3, -0.25) is 9.59 Å². The van der Waals surface area contributed by atoms with Crippen molar-refractivity contribution in [2.75, 3.05) is 13.1 Å². The summed E-state index contributed by atoms with van der Waals surface area (Å²) < 4.78 is 1.62. The predicted molar refractivity (Wildman–Crippen MR) is 94.9 cm³/mol. The number of piperazine rings is 1. The maximum Gasteiger partial charge on any atom is 0.244 e. The number of carbonyl (C=O) groups is 2. The summed E-state index contributed by atoms with van der Waals surface area (Å²) in [4.78, 5) is 33.2. The zero-order valence-electron chi connectivity index (χ0n) is 15.5. The number of aryl methyl sites for hydroxylation is 1. The van der Waals surface area contributed by atoms with Crippen LogP contribution in [0.4, 0.5) is 0 Å². The van der Waals surface area contributed by atoms with Crippen LogP contribution in [0, 0.1) is 6.92 Å². The first kappa shape index (κ1) is 17.4. The van der Waals surface area contributed by atoms with E-state index in [1.54, 1.807) is 15.8 Å². The van der Waals surface area contributed by atoms with Gasteiger partial charge in [-0.15, -0.1) is 0 Å². The topological polar surface area (TPSA) is 71.3 Å². The first-order chi connectivity index (χ1) is 11.7. The van der Waals surface area contributed by atoms with Gasteiger partial charge in [-0.25, -0.2) is 9.67 Å². The lowest BCUT2D eigenvalue weighted by atomic mass is 9.96. The van der Waals surface area contributed by atoms with Crippen LogP contribution < -0.4 is 0 Å². The van der Waals surface area contributed by atoms with Gasteiger partial charge in [0.25, 0.3) is 0 Å². The van der Waals surface area contributed by atoms with Crippen molar-refractivity contribution in [2.24, 2.45) is 0 Å². The fraction of sp³-hybridized carbons (Fsp3) is 0.556. The summed E-state index contributed by atoms with van der Waals surface area (Å²) in [6, 6.07) is 3.91. The predicted octanol–water partition coefficient (Wildman–Crippen LogP) is 1.60. The van der Waals surface area contributed by atoms with E-state index in [2.05, 4.69) is 10.1 Å². The molecule has 1 aliphatic heterocycles. The van der Waals surface area contributed by atoms with Crippen LogP contribution in [-0.2, 0) is 16.1 Å². The summed E-state index contributed by atoms with van der Waals surface area (Å²) in [7, 11) is 0. The molecule has 2 amide bonds. The molecule has 0 radical (unpaired) electrons. The van der Waals surface area contributed by atoms with Crippen LogP contribution in [0.5, 0.6) is 0 Å². The molecule has 0 N–H and O–H groups in total. The van der Waals surface area contributed by atoms with Crippen molar-refractivity contribution >= 4 is 22.8 Å². The SMILES string of the molecule is Cc1nn(CC(=O)N2CC(=O)N(C(C)C)C(C)(C)C2)c2ncccc12. The standard InChI is InChI=1S/C18H25N5O2/c1-12(2)23-16(25)9-21(11-18(23,4)5)15(24)10-22-17-14(13(3)20-22)7-6-8-19-17/h6-8,12H,9-11H2,1-5H3. The number of nitrogens with zero attached hydrogens (tertiary/aromatic N) is 5. The zero-order valence-corrected chi connectivity index (χ0v) is 15.5. The Morgan fingerprint density at radius 2 is 2.08 bits per heavy atom. The largest absolute Gasteiger partial charge is 0.332 e. The van der Waals surface area contributed by atoms with Crippen molar-refractivity contribution in [1.29, 1.82) is 0 Å². The van der Waals surface area contributed by atoms with Gasteiger partial charge < -0.3 is 9.80 Å². The van der Waals surface area contributed by atoms with Crippen molar-refractivity contribution in [3.63, 3.8) is 0 Å². The van der Waals surface area contributed by atoms with Gasteiger partial charge in [-0.1, -0.05) is 0 Å². The van der Waals surface area contributed by atoms with Crippen LogP contribution in [0.2, 0.25) is 0 Å². The van der Waals surface area contributed by atoms with Crippen LogP contribution in [0.3, 0.4) is 0 Å². The quantitative estimate of drug-likeness (QED) is 0.849. The highest BCUT2D eigenvalue weighted by Gasteiger charge is 2.41. The minimum atomic E-state index is -0.389. The molecule has 134 valence electrons. The van der Waals surface area contributed by atoms with Crippen molar-refractivity contribution in [3.05, 3.63) is 24.0 Å². The third kappa shape index (κ3) is 3.10. The molecule has 1 aliphatic rings. The average molecular weight is 343 g/mol. The summed E-state index contributed by atoms with van der Waals surface area (Å²) in [5.41, 5.74) is 1.15. The first-order valence-corrected chi connectivity index (χ1v) is 8.59. The molecule has 1 fully saturated rings. The van der Waals surface area contributed by atoms with E-state index in [9.17, 15) is 9.59 Å². The van der Waals surface area contributed by atoms with Gasteiger partial charge in [0.05, 0.1) is 17.8 Å². The monoisotopic (exact) mass is 343 g/mol. The maximum absolute atomic E-state index is 12.8. The molecule has 0 unspecified atom stereocenters. The summed E-state index contributed by atoms with van der Waals surface area (Å²) in [6.45, 7) is 10.6. The van der Waals surface area contributed by atoms with E-state index in [4.69, 9.17) is 0 Å². The highest BCUT2D eigenvalue weighted by Crippen LogP contribution is 2.25. The summed E-state index contributed by atoms with van der Waals surface area (Å²) in [5.74, 6) is -0.126. The lowest BCUT2D eigenvalue weighted by Gasteiger charge is -2.48. The summed E-state index contributed by atoms with van der Waals surface area (Å²) >= 11 is 0. The molecule has 7 heteroatoms. The van der Waals surface area contributed by atoms with Crippen molar-refractivity contribution in [2.45, 2.75) is 52.7 Å². The molecule has 0 spiro atoms. The van der Waals surface area contributed by atoms with Crippen LogP contribution in [0.15, 0.2) is 18.3 Å². The van der Waals surface area contributed by atoms with Crippen LogP contribution >= 0.6 is 0 Å². The highest BCUT2D eigenvalue weighted by molar-refractivity contribution is 5.87. The van der Waals surface area contributed by atoms with Gasteiger partial charge in [0.2, 0.25) is 11.8 Å². The van der Waals surface area contributed by atoms with Gasteiger partial charge in [-0.2, -0.15) is 5.10 Å². The molecule has 3 heterocycles. The molecule has 0 saturated carbocycles. The molecule has 0 atom stereocenters. The third-order valence-electron chi connectivity index (χ3n) is 4.67. The fourth-order valence-electron chi connectivity index (χ4n) is 3.85. The molecular weight excluding hydrogens is 318 g/mol. The maximum atomic E-state index is 12.8. The van der Waals surface area contributed by atoms with Crippen LogP contribution in [0.1, 0.15) is 33.4 Å². The first-order valence-electron chi connectivity index (χ1n) is 8.59. The minimum Gasteiger partial charge on any atom is -0.332 e. The van der Waals surface area contributed by atoms with Crippen molar-refractivity contribution in [3.8, 4) is 0 Å². The lowest BCUT2D eigenvalue weighted by Crippen LogP contribution is -2.65. The number of carbonyl (C=O) groups excluding carboxylic acids is 2. The highest BCUT2D eigenvalue weighted by atomic mass is 16.2. The van der Waals surface area contributed by atoms with E-state index in [1.165, 1.54) is 0 Å². The molecule has 7 nitrogen and oxygen atoms in total. The lowest BCUT2D eigenvalue weighted by molar-refractivity contribution is -0.155. The number of amides is 2. The van der Waals surface area contributed by atoms with Crippen molar-refractivity contribution in [1.82, 2.24) is 24.6 Å². The Labute approximate surface area is 147 Å². The number of rotatable bonds is 3. The molecule has 0 aliphatic carbocycles. The van der Waals surface area contributed by atoms with Gasteiger partial charge in [0.1, 0.15) is 6.54 Å². The Bertz CT molecular complexity index is 824. The second-order valence-electron chi connectivity index (χ2n) is 7.54. The second kappa shape index (κ2) is 6.13. The Kier molecular flexibility index (Phi) is 4.26. The zero-order chi connectivity index (χ0) is 18.4. The molecule has 2 aromatic rings. The molecule has 2 aromatic heterocycles. The van der Waals surface area contributed by atoms with E-state index < -0.39 is 0 Å². The molecule has 25 heavy (non-hydrogen) atoms. The van der Waals surface area contributed by atoms with Gasteiger partial charge in [0.15, 0.2) is 5.65 Å². The van der Waals surface area contributed by atoms with E-state index in [0.717, 1.165) is 11.1 Å². The van der Waals surface area contributed by atoms with E-state index in [-0.39, 0.29) is 36.5 Å². The molecule has 0 aromatic carbocycles. The average Bonchev–Trinajstić information content (AvgIpc) is 2.82. The van der Waals surface area contributed by atoms with Gasteiger partial charge >= 0.3 is 0 Å². The normalized spacial score (nSPS) is 17.6. The third-order valence-corrected chi connectivity index (χ3v) is 4.67.